The molecule has 160 valence electrons. The molecule has 2 aliphatic rings. The quantitative estimate of drug-likeness (QED) is 0.696. The van der Waals surface area contributed by atoms with Crippen LogP contribution in [0.25, 0.3) is 0 Å². The maximum Gasteiger partial charge on any atom is 0.262 e. The van der Waals surface area contributed by atoms with Gasteiger partial charge in [0.1, 0.15) is 6.10 Å². The first-order valence-electron chi connectivity index (χ1n) is 10.7. The van der Waals surface area contributed by atoms with E-state index in [1.54, 1.807) is 6.26 Å². The highest BCUT2D eigenvalue weighted by molar-refractivity contribution is 6.99. The second kappa shape index (κ2) is 7.97. The van der Waals surface area contributed by atoms with Gasteiger partial charge in [0.15, 0.2) is 11.9 Å². The summed E-state index contributed by atoms with van der Waals surface area (Å²) in [5.74, 6) is -0.664. The first-order valence-corrected chi connectivity index (χ1v) is 12.6. The molecule has 0 saturated carbocycles. The molecule has 0 amide bonds. The minimum Gasteiger partial charge on any atom is -0.493 e. The van der Waals surface area contributed by atoms with Crippen LogP contribution >= 0.6 is 0 Å². The van der Waals surface area contributed by atoms with E-state index >= 15 is 0 Å². The molecule has 0 bridgehead atoms. The lowest BCUT2D eigenvalue weighted by Gasteiger charge is -2.49. The Morgan fingerprint density at radius 2 is 1.50 bits per heavy atom. The zero-order valence-electron chi connectivity index (χ0n) is 18.5. The van der Waals surface area contributed by atoms with Gasteiger partial charge in [-0.15, -0.1) is 0 Å². The van der Waals surface area contributed by atoms with Crippen molar-refractivity contribution in [2.75, 3.05) is 6.61 Å². The third-order valence-corrected chi connectivity index (χ3v) is 11.0. The van der Waals surface area contributed by atoms with Gasteiger partial charge in [-0.2, -0.15) is 0 Å². The van der Waals surface area contributed by atoms with E-state index < -0.39 is 14.1 Å². The zero-order valence-corrected chi connectivity index (χ0v) is 19.5. The minimum absolute atomic E-state index is 0.0992. The van der Waals surface area contributed by atoms with Crippen LogP contribution in [0, 0.1) is 0 Å². The molecule has 0 spiro atoms. The van der Waals surface area contributed by atoms with Crippen LogP contribution in [-0.4, -0.2) is 39.0 Å². The van der Waals surface area contributed by atoms with E-state index in [-0.39, 0.29) is 23.4 Å². The lowest BCUT2D eigenvalue weighted by atomic mass is 10.0. The van der Waals surface area contributed by atoms with Gasteiger partial charge in [0.05, 0.1) is 19.0 Å². The molecule has 1 saturated heterocycles. The van der Waals surface area contributed by atoms with Crippen LogP contribution in [0.2, 0.25) is 5.04 Å². The summed E-state index contributed by atoms with van der Waals surface area (Å²) in [5, 5.41) is 2.41. The molecule has 30 heavy (non-hydrogen) atoms. The first kappa shape index (κ1) is 21.3. The van der Waals surface area contributed by atoms with Crippen LogP contribution in [0.1, 0.15) is 34.6 Å². The first-order chi connectivity index (χ1) is 14.2. The monoisotopic (exact) mass is 424 g/mol. The van der Waals surface area contributed by atoms with Gasteiger partial charge in [0, 0.05) is 0 Å². The van der Waals surface area contributed by atoms with Gasteiger partial charge in [0.25, 0.3) is 8.32 Å². The number of benzene rings is 2. The van der Waals surface area contributed by atoms with Crippen molar-refractivity contribution < 1.29 is 18.6 Å². The van der Waals surface area contributed by atoms with E-state index in [0.29, 0.717) is 6.61 Å². The molecule has 0 N–H and O–H groups in total. The van der Waals surface area contributed by atoms with E-state index in [1.807, 2.05) is 19.9 Å². The summed E-state index contributed by atoms with van der Waals surface area (Å²) < 4.78 is 25.2. The van der Waals surface area contributed by atoms with E-state index in [2.05, 4.69) is 81.4 Å². The van der Waals surface area contributed by atoms with Crippen LogP contribution in [0.5, 0.6) is 0 Å². The summed E-state index contributed by atoms with van der Waals surface area (Å²) in [4.78, 5) is 0. The lowest BCUT2D eigenvalue weighted by Crippen LogP contribution is -2.69. The highest BCUT2D eigenvalue weighted by Gasteiger charge is 2.54. The molecule has 0 aliphatic carbocycles. The maximum atomic E-state index is 7.27. The van der Waals surface area contributed by atoms with Crippen LogP contribution in [-0.2, 0) is 18.6 Å². The van der Waals surface area contributed by atoms with Crippen molar-refractivity contribution in [3.05, 3.63) is 73.0 Å². The molecule has 2 heterocycles. The fraction of sp³-hybridized carbons (Fsp3) is 0.440. The SMILES string of the molecule is CC1(C)OC[C@H]2OC=C[C@@H](O[Si](c3ccccc3)(c3ccccc3)C(C)(C)C)[C@@H]2O1. The Kier molecular flexibility index (Phi) is 5.66. The van der Waals surface area contributed by atoms with Gasteiger partial charge in [-0.1, -0.05) is 81.4 Å². The Labute approximate surface area is 180 Å². The van der Waals surface area contributed by atoms with E-state index in [1.165, 1.54) is 10.4 Å². The second-order valence-corrected chi connectivity index (χ2v) is 13.8. The molecule has 2 aromatic carbocycles. The second-order valence-electron chi connectivity index (χ2n) is 9.54. The molecule has 1 fully saturated rings. The number of rotatable bonds is 4. The molecule has 5 heteroatoms. The molecule has 0 radical (unpaired) electrons. The van der Waals surface area contributed by atoms with Gasteiger partial charge in [0.2, 0.25) is 0 Å². The summed E-state index contributed by atoms with van der Waals surface area (Å²) >= 11 is 0. The van der Waals surface area contributed by atoms with Gasteiger partial charge in [-0.25, -0.2) is 0 Å². The lowest BCUT2D eigenvalue weighted by molar-refractivity contribution is -0.317. The number of hydrogen-bond acceptors (Lipinski definition) is 4. The normalized spacial score (nSPS) is 26.0. The molecule has 0 unspecified atom stereocenters. The fourth-order valence-corrected chi connectivity index (χ4v) is 9.18. The Morgan fingerprint density at radius 3 is 2.03 bits per heavy atom. The summed E-state index contributed by atoms with van der Waals surface area (Å²) in [7, 11) is -2.69. The van der Waals surface area contributed by atoms with E-state index in [4.69, 9.17) is 18.6 Å². The smallest absolute Gasteiger partial charge is 0.262 e. The standard InChI is InChI=1S/C25H32O4Si/c1-24(2,3)30(19-12-8-6-9-13-19,20-14-10-7-11-15-20)29-21-16-17-26-22-18-27-25(4,5)28-23(21)22/h6-17,21-23H,18H2,1-5H3/t21-,22-,23+/m1/s1. The fourth-order valence-electron chi connectivity index (χ4n) is 4.55. The third-order valence-electron chi connectivity index (χ3n) is 5.96. The molecule has 2 aliphatic heterocycles. The van der Waals surface area contributed by atoms with Crippen LogP contribution < -0.4 is 10.4 Å². The Bertz CT molecular complexity index is 834. The van der Waals surface area contributed by atoms with Crippen molar-refractivity contribution in [1.29, 1.82) is 0 Å². The van der Waals surface area contributed by atoms with Crippen molar-refractivity contribution in [2.24, 2.45) is 0 Å². The number of hydrogen-bond donors (Lipinski definition) is 0. The number of fused-ring (bicyclic) bond motifs is 1. The Hall–Kier alpha value is -1.92. The predicted octanol–water partition coefficient (Wildman–Crippen LogP) is 4.00. The average Bonchev–Trinajstić information content (AvgIpc) is 2.72. The molecule has 0 aromatic heterocycles. The minimum atomic E-state index is -2.69. The molecule has 4 rings (SSSR count). The number of ether oxygens (including phenoxy) is 3. The van der Waals surface area contributed by atoms with Gasteiger partial charge >= 0.3 is 0 Å². The van der Waals surface area contributed by atoms with Crippen molar-refractivity contribution in [3.8, 4) is 0 Å². The van der Waals surface area contributed by atoms with Crippen LogP contribution in [0.3, 0.4) is 0 Å². The molecular weight excluding hydrogens is 392 g/mol. The van der Waals surface area contributed by atoms with E-state index in [0.717, 1.165) is 0 Å². The Balaban J connectivity index is 1.82. The Morgan fingerprint density at radius 1 is 0.933 bits per heavy atom. The summed E-state index contributed by atoms with van der Waals surface area (Å²) in [6, 6.07) is 21.4. The van der Waals surface area contributed by atoms with E-state index in [9.17, 15) is 0 Å². The predicted molar refractivity (Wildman–Crippen MR) is 121 cm³/mol. The third kappa shape index (κ3) is 3.87. The van der Waals surface area contributed by atoms with Gasteiger partial charge in [-0.3, -0.25) is 0 Å². The molecule has 3 atom stereocenters. The summed E-state index contributed by atoms with van der Waals surface area (Å²) in [6.07, 6.45) is 3.13. The highest BCUT2D eigenvalue weighted by atomic mass is 28.4. The zero-order chi connectivity index (χ0) is 21.4. The van der Waals surface area contributed by atoms with Crippen LogP contribution in [0.15, 0.2) is 73.0 Å². The van der Waals surface area contributed by atoms with Crippen molar-refractivity contribution >= 4 is 18.7 Å². The van der Waals surface area contributed by atoms with Crippen molar-refractivity contribution in [2.45, 2.75) is 63.8 Å². The van der Waals surface area contributed by atoms with Gasteiger partial charge < -0.3 is 18.6 Å². The summed E-state index contributed by atoms with van der Waals surface area (Å²) in [5.41, 5.74) is 0. The van der Waals surface area contributed by atoms with Crippen molar-refractivity contribution in [3.63, 3.8) is 0 Å². The molecular formula is C25H32O4Si. The van der Waals surface area contributed by atoms with Crippen molar-refractivity contribution in [1.82, 2.24) is 0 Å². The topological polar surface area (TPSA) is 36.9 Å². The largest absolute Gasteiger partial charge is 0.493 e. The molecule has 4 nitrogen and oxygen atoms in total. The average molecular weight is 425 g/mol. The molecule has 2 aromatic rings. The van der Waals surface area contributed by atoms with Gasteiger partial charge in [-0.05, 0) is 35.3 Å². The highest BCUT2D eigenvalue weighted by Crippen LogP contribution is 2.40. The van der Waals surface area contributed by atoms with Crippen LogP contribution in [0.4, 0.5) is 0 Å². The summed E-state index contributed by atoms with van der Waals surface area (Å²) in [6.45, 7) is 11.2. The maximum absolute atomic E-state index is 7.27.